The van der Waals surface area contributed by atoms with E-state index in [-0.39, 0.29) is 0 Å². The first-order chi connectivity index (χ1) is 12.1. The van der Waals surface area contributed by atoms with E-state index in [1.54, 1.807) is 12.3 Å². The Kier molecular flexibility index (Phi) is 4.61. The Labute approximate surface area is 143 Å². The van der Waals surface area contributed by atoms with Gasteiger partial charge in [-0.3, -0.25) is 9.59 Å². The molecule has 0 radical (unpaired) electrons. The van der Waals surface area contributed by atoms with Crippen LogP contribution in [0.25, 0.3) is 11.1 Å². The molecule has 6 heteroatoms. The average molecular weight is 337 g/mol. The molecule has 126 valence electrons. The first kappa shape index (κ1) is 16.4. The van der Waals surface area contributed by atoms with Gasteiger partial charge in [0.15, 0.2) is 0 Å². The summed E-state index contributed by atoms with van der Waals surface area (Å²) in [6.07, 6.45) is 1.65. The first-order valence-electron chi connectivity index (χ1n) is 7.64. The van der Waals surface area contributed by atoms with Crippen molar-refractivity contribution in [2.75, 3.05) is 0 Å². The van der Waals surface area contributed by atoms with E-state index >= 15 is 0 Å². The van der Waals surface area contributed by atoms with Crippen molar-refractivity contribution in [2.45, 2.75) is 6.04 Å². The summed E-state index contributed by atoms with van der Waals surface area (Å²) in [6.45, 7) is 0. The second-order valence-corrected chi connectivity index (χ2v) is 5.49. The fourth-order valence-electron chi connectivity index (χ4n) is 2.59. The number of aromatic amines is 1. The Hall–Kier alpha value is -3.41. The van der Waals surface area contributed by atoms with Crippen LogP contribution in [0.3, 0.4) is 0 Å². The molecule has 1 atom stereocenters. The molecule has 3 aromatic rings. The van der Waals surface area contributed by atoms with Crippen molar-refractivity contribution in [1.29, 1.82) is 0 Å². The molecule has 1 heterocycles. The van der Waals surface area contributed by atoms with E-state index in [4.69, 9.17) is 5.73 Å². The molecule has 1 aromatic heterocycles. The smallest absolute Gasteiger partial charge is 0.269 e. The number of benzene rings is 2. The lowest BCUT2D eigenvalue weighted by Gasteiger charge is -2.16. The van der Waals surface area contributed by atoms with Gasteiger partial charge < -0.3 is 16.0 Å². The SMILES string of the molecule is NC(=O)C(NC(=O)c1[nH]ccc1-c1ccccc1)c1ccc(F)cc1. The van der Waals surface area contributed by atoms with Gasteiger partial charge in [-0.05, 0) is 29.3 Å². The highest BCUT2D eigenvalue weighted by Crippen LogP contribution is 2.23. The standard InChI is InChI=1S/C19H16FN3O2/c20-14-8-6-13(7-9-14)16(18(21)24)23-19(25)17-15(10-11-22-17)12-4-2-1-3-5-12/h1-11,16,22H,(H2,21,24)(H,23,25). The highest BCUT2D eigenvalue weighted by Gasteiger charge is 2.23. The summed E-state index contributed by atoms with van der Waals surface area (Å²) >= 11 is 0. The van der Waals surface area contributed by atoms with Crippen LogP contribution in [0.1, 0.15) is 22.1 Å². The number of carbonyl (C=O) groups is 2. The predicted octanol–water partition coefficient (Wildman–Crippen LogP) is 2.78. The van der Waals surface area contributed by atoms with Crippen LogP contribution >= 0.6 is 0 Å². The minimum absolute atomic E-state index is 0.319. The minimum atomic E-state index is -1.06. The topological polar surface area (TPSA) is 88.0 Å². The molecular formula is C19H16FN3O2. The van der Waals surface area contributed by atoms with E-state index in [0.717, 1.165) is 5.56 Å². The molecule has 2 aromatic carbocycles. The van der Waals surface area contributed by atoms with Gasteiger partial charge in [-0.1, -0.05) is 42.5 Å². The number of amides is 2. The van der Waals surface area contributed by atoms with Gasteiger partial charge in [-0.15, -0.1) is 0 Å². The monoisotopic (exact) mass is 337 g/mol. The molecule has 0 aliphatic heterocycles. The fraction of sp³-hybridized carbons (Fsp3) is 0.0526. The molecule has 0 aliphatic rings. The number of halogens is 1. The van der Waals surface area contributed by atoms with Crippen molar-refractivity contribution in [3.05, 3.63) is 83.9 Å². The molecule has 1 unspecified atom stereocenters. The number of hydrogen-bond donors (Lipinski definition) is 3. The molecule has 3 rings (SSSR count). The van der Waals surface area contributed by atoms with Gasteiger partial charge in [0.1, 0.15) is 17.6 Å². The summed E-state index contributed by atoms with van der Waals surface area (Å²) < 4.78 is 13.1. The number of hydrogen-bond acceptors (Lipinski definition) is 2. The van der Waals surface area contributed by atoms with Crippen LogP contribution in [-0.2, 0) is 4.79 Å². The number of nitrogens with two attached hydrogens (primary N) is 1. The van der Waals surface area contributed by atoms with E-state index in [2.05, 4.69) is 10.3 Å². The number of aromatic nitrogens is 1. The average Bonchev–Trinajstić information content (AvgIpc) is 3.11. The maximum atomic E-state index is 13.1. The van der Waals surface area contributed by atoms with E-state index in [9.17, 15) is 14.0 Å². The summed E-state index contributed by atoms with van der Waals surface area (Å²) in [7, 11) is 0. The summed E-state index contributed by atoms with van der Waals surface area (Å²) in [5.74, 6) is -1.64. The van der Waals surface area contributed by atoms with Gasteiger partial charge in [0.25, 0.3) is 5.91 Å². The number of carbonyl (C=O) groups excluding carboxylic acids is 2. The molecule has 0 saturated heterocycles. The zero-order valence-electron chi connectivity index (χ0n) is 13.2. The first-order valence-corrected chi connectivity index (χ1v) is 7.64. The van der Waals surface area contributed by atoms with Gasteiger partial charge in [0.05, 0.1) is 0 Å². The Balaban J connectivity index is 1.87. The van der Waals surface area contributed by atoms with E-state index in [1.807, 2.05) is 30.3 Å². The Morgan fingerprint density at radius 3 is 2.32 bits per heavy atom. The Morgan fingerprint density at radius 2 is 1.68 bits per heavy atom. The van der Waals surface area contributed by atoms with Crippen molar-refractivity contribution in [1.82, 2.24) is 10.3 Å². The minimum Gasteiger partial charge on any atom is -0.368 e. The molecule has 0 bridgehead atoms. The van der Waals surface area contributed by atoms with Gasteiger partial charge in [0.2, 0.25) is 5.91 Å². The van der Waals surface area contributed by atoms with Crippen molar-refractivity contribution in [2.24, 2.45) is 5.73 Å². The Bertz CT molecular complexity index is 889. The van der Waals surface area contributed by atoms with Crippen LogP contribution in [0.4, 0.5) is 4.39 Å². The highest BCUT2D eigenvalue weighted by atomic mass is 19.1. The van der Waals surface area contributed by atoms with Crippen LogP contribution in [-0.4, -0.2) is 16.8 Å². The highest BCUT2D eigenvalue weighted by molar-refractivity contribution is 6.01. The number of nitrogens with one attached hydrogen (secondary N) is 2. The summed E-state index contributed by atoms with van der Waals surface area (Å²) in [4.78, 5) is 27.3. The van der Waals surface area contributed by atoms with Gasteiger partial charge >= 0.3 is 0 Å². The van der Waals surface area contributed by atoms with Crippen molar-refractivity contribution in [3.63, 3.8) is 0 Å². The predicted molar refractivity (Wildman–Crippen MR) is 92.0 cm³/mol. The summed E-state index contributed by atoms with van der Waals surface area (Å²) in [5, 5.41) is 2.60. The maximum Gasteiger partial charge on any atom is 0.269 e. The quantitative estimate of drug-likeness (QED) is 0.668. The van der Waals surface area contributed by atoms with Crippen molar-refractivity contribution >= 4 is 11.8 Å². The van der Waals surface area contributed by atoms with Gasteiger partial charge in [-0.25, -0.2) is 4.39 Å². The van der Waals surface area contributed by atoms with E-state index < -0.39 is 23.7 Å². The number of H-pyrrole nitrogens is 1. The zero-order valence-corrected chi connectivity index (χ0v) is 13.2. The van der Waals surface area contributed by atoms with E-state index in [0.29, 0.717) is 16.8 Å². The van der Waals surface area contributed by atoms with Gasteiger partial charge in [-0.2, -0.15) is 0 Å². The molecular weight excluding hydrogens is 321 g/mol. The zero-order chi connectivity index (χ0) is 17.8. The molecule has 0 aliphatic carbocycles. The maximum absolute atomic E-state index is 13.1. The van der Waals surface area contributed by atoms with Crippen LogP contribution in [0.5, 0.6) is 0 Å². The lowest BCUT2D eigenvalue weighted by molar-refractivity contribution is -0.120. The van der Waals surface area contributed by atoms with Gasteiger partial charge in [0, 0.05) is 11.8 Å². The third kappa shape index (κ3) is 3.58. The molecule has 5 nitrogen and oxygen atoms in total. The van der Waals surface area contributed by atoms with Crippen LogP contribution in [0.2, 0.25) is 0 Å². The van der Waals surface area contributed by atoms with Crippen LogP contribution in [0, 0.1) is 5.82 Å². The van der Waals surface area contributed by atoms with Crippen molar-refractivity contribution < 1.29 is 14.0 Å². The second kappa shape index (κ2) is 7.00. The normalized spacial score (nSPS) is 11.7. The molecule has 0 spiro atoms. The van der Waals surface area contributed by atoms with Crippen LogP contribution in [0.15, 0.2) is 66.9 Å². The fourth-order valence-corrected chi connectivity index (χ4v) is 2.59. The van der Waals surface area contributed by atoms with E-state index in [1.165, 1.54) is 24.3 Å². The molecule has 25 heavy (non-hydrogen) atoms. The molecule has 4 N–H and O–H groups in total. The summed E-state index contributed by atoms with van der Waals surface area (Å²) in [5.41, 5.74) is 7.71. The molecule has 2 amide bonds. The third-order valence-electron chi connectivity index (χ3n) is 3.82. The number of rotatable bonds is 5. The lowest BCUT2D eigenvalue weighted by Crippen LogP contribution is -2.37. The largest absolute Gasteiger partial charge is 0.368 e. The molecule has 0 saturated carbocycles. The number of primary amides is 1. The Morgan fingerprint density at radius 1 is 1.00 bits per heavy atom. The van der Waals surface area contributed by atoms with Crippen LogP contribution < -0.4 is 11.1 Å². The summed E-state index contributed by atoms with van der Waals surface area (Å²) in [6, 6.07) is 15.4. The second-order valence-electron chi connectivity index (χ2n) is 5.49. The van der Waals surface area contributed by atoms with Crippen molar-refractivity contribution in [3.8, 4) is 11.1 Å². The lowest BCUT2D eigenvalue weighted by atomic mass is 10.0. The molecule has 0 fully saturated rings. The third-order valence-corrected chi connectivity index (χ3v) is 3.82.